The lowest BCUT2D eigenvalue weighted by molar-refractivity contribution is -0.117. The standard InChI is InChI=1S/C13H21NO3/c1-6-11-9(2)7-10(15)8-14(11)12(16)17-13(3,4)5/h7,11H,6,8H2,1-5H3/t11-/m1/s1. The van der Waals surface area contributed by atoms with Crippen LogP contribution in [0.25, 0.3) is 0 Å². The normalized spacial score (nSPS) is 21.2. The van der Waals surface area contributed by atoms with Crippen molar-refractivity contribution in [3.8, 4) is 0 Å². The monoisotopic (exact) mass is 239 g/mol. The average molecular weight is 239 g/mol. The molecule has 0 saturated carbocycles. The quantitative estimate of drug-likeness (QED) is 0.706. The van der Waals surface area contributed by atoms with E-state index in [4.69, 9.17) is 4.74 Å². The molecule has 0 unspecified atom stereocenters. The van der Waals surface area contributed by atoms with Crippen molar-refractivity contribution in [1.29, 1.82) is 0 Å². The maximum absolute atomic E-state index is 12.0. The van der Waals surface area contributed by atoms with E-state index >= 15 is 0 Å². The smallest absolute Gasteiger partial charge is 0.411 e. The summed E-state index contributed by atoms with van der Waals surface area (Å²) in [6.07, 6.45) is 1.99. The van der Waals surface area contributed by atoms with Crippen molar-refractivity contribution < 1.29 is 14.3 Å². The van der Waals surface area contributed by atoms with Crippen LogP contribution in [-0.4, -0.2) is 35.0 Å². The van der Waals surface area contributed by atoms with E-state index in [0.29, 0.717) is 0 Å². The molecule has 1 aliphatic rings. The summed E-state index contributed by atoms with van der Waals surface area (Å²) in [5.74, 6) is -0.0435. The number of rotatable bonds is 1. The molecule has 1 rings (SSSR count). The lowest BCUT2D eigenvalue weighted by Gasteiger charge is -2.35. The molecule has 96 valence electrons. The van der Waals surface area contributed by atoms with Crippen LogP contribution in [0.15, 0.2) is 11.6 Å². The van der Waals surface area contributed by atoms with E-state index in [9.17, 15) is 9.59 Å². The second-order valence-corrected chi connectivity index (χ2v) is 5.39. The number of hydrogen-bond donors (Lipinski definition) is 0. The van der Waals surface area contributed by atoms with Crippen LogP contribution in [0.5, 0.6) is 0 Å². The zero-order valence-electron chi connectivity index (χ0n) is 11.2. The Morgan fingerprint density at radius 1 is 1.53 bits per heavy atom. The largest absolute Gasteiger partial charge is 0.444 e. The summed E-state index contributed by atoms with van der Waals surface area (Å²) in [6.45, 7) is 9.45. The van der Waals surface area contributed by atoms with E-state index in [-0.39, 0.29) is 18.4 Å². The highest BCUT2D eigenvalue weighted by Gasteiger charge is 2.32. The fourth-order valence-electron chi connectivity index (χ4n) is 1.97. The molecule has 1 amide bonds. The maximum atomic E-state index is 12.0. The maximum Gasteiger partial charge on any atom is 0.411 e. The summed E-state index contributed by atoms with van der Waals surface area (Å²) in [7, 11) is 0. The summed E-state index contributed by atoms with van der Waals surface area (Å²) in [5, 5.41) is 0. The van der Waals surface area contributed by atoms with Gasteiger partial charge >= 0.3 is 6.09 Å². The third kappa shape index (κ3) is 3.58. The number of carbonyl (C=O) groups is 2. The van der Waals surface area contributed by atoms with E-state index in [1.165, 1.54) is 4.90 Å². The topological polar surface area (TPSA) is 46.6 Å². The van der Waals surface area contributed by atoms with Crippen LogP contribution in [0.4, 0.5) is 4.79 Å². The fraction of sp³-hybridized carbons (Fsp3) is 0.692. The van der Waals surface area contributed by atoms with Gasteiger partial charge < -0.3 is 4.74 Å². The van der Waals surface area contributed by atoms with Crippen LogP contribution in [0, 0.1) is 0 Å². The number of hydrogen-bond acceptors (Lipinski definition) is 3. The van der Waals surface area contributed by atoms with E-state index in [1.54, 1.807) is 6.08 Å². The molecule has 0 aliphatic carbocycles. The van der Waals surface area contributed by atoms with Crippen LogP contribution in [-0.2, 0) is 9.53 Å². The van der Waals surface area contributed by atoms with Crippen LogP contribution >= 0.6 is 0 Å². The zero-order chi connectivity index (χ0) is 13.2. The molecule has 0 N–H and O–H groups in total. The summed E-state index contributed by atoms with van der Waals surface area (Å²) >= 11 is 0. The molecule has 0 aromatic carbocycles. The predicted molar refractivity (Wildman–Crippen MR) is 65.8 cm³/mol. The molecule has 0 saturated heterocycles. The van der Waals surface area contributed by atoms with Crippen LogP contribution in [0.2, 0.25) is 0 Å². The fourth-order valence-corrected chi connectivity index (χ4v) is 1.97. The van der Waals surface area contributed by atoms with Gasteiger partial charge in [0.1, 0.15) is 5.60 Å². The van der Waals surface area contributed by atoms with Gasteiger partial charge in [-0.1, -0.05) is 6.92 Å². The van der Waals surface area contributed by atoms with Gasteiger partial charge in [0, 0.05) is 0 Å². The first-order valence-electron chi connectivity index (χ1n) is 5.95. The molecule has 1 heterocycles. The van der Waals surface area contributed by atoms with Crippen LogP contribution in [0.3, 0.4) is 0 Å². The zero-order valence-corrected chi connectivity index (χ0v) is 11.2. The molecule has 4 nitrogen and oxygen atoms in total. The third-order valence-electron chi connectivity index (χ3n) is 2.63. The van der Waals surface area contributed by atoms with Crippen molar-refractivity contribution in [3.63, 3.8) is 0 Å². The summed E-state index contributed by atoms with van der Waals surface area (Å²) < 4.78 is 5.31. The van der Waals surface area contributed by atoms with E-state index in [2.05, 4.69) is 0 Å². The molecule has 0 aromatic rings. The molecule has 17 heavy (non-hydrogen) atoms. The average Bonchev–Trinajstić information content (AvgIpc) is 2.13. The Balaban J connectivity index is 2.85. The summed E-state index contributed by atoms with van der Waals surface area (Å²) in [4.78, 5) is 25.0. The van der Waals surface area contributed by atoms with Gasteiger partial charge in [-0.2, -0.15) is 0 Å². The van der Waals surface area contributed by atoms with Gasteiger partial charge in [0.25, 0.3) is 0 Å². The minimum Gasteiger partial charge on any atom is -0.444 e. The third-order valence-corrected chi connectivity index (χ3v) is 2.63. The first kappa shape index (κ1) is 13.7. The van der Waals surface area contributed by atoms with Crippen molar-refractivity contribution in [3.05, 3.63) is 11.6 Å². The minimum atomic E-state index is -0.534. The van der Waals surface area contributed by atoms with Crippen LogP contribution < -0.4 is 0 Å². The predicted octanol–water partition coefficient (Wildman–Crippen LogP) is 2.53. The van der Waals surface area contributed by atoms with Crippen molar-refractivity contribution in [1.82, 2.24) is 4.90 Å². The van der Waals surface area contributed by atoms with Gasteiger partial charge in [-0.3, -0.25) is 9.69 Å². The van der Waals surface area contributed by atoms with Gasteiger partial charge in [0.15, 0.2) is 5.78 Å². The Hall–Kier alpha value is -1.32. The number of nitrogens with zero attached hydrogens (tertiary/aromatic N) is 1. The molecule has 0 bridgehead atoms. The molecule has 1 aliphatic heterocycles. The molecule has 0 aromatic heterocycles. The number of ketones is 1. The molecule has 4 heteroatoms. The van der Waals surface area contributed by atoms with Gasteiger partial charge in [-0.25, -0.2) is 4.79 Å². The lowest BCUT2D eigenvalue weighted by atomic mass is 9.99. The highest BCUT2D eigenvalue weighted by Crippen LogP contribution is 2.21. The first-order chi connectivity index (χ1) is 7.74. The molecule has 0 fully saturated rings. The van der Waals surface area contributed by atoms with Crippen molar-refractivity contribution in [2.45, 2.75) is 52.7 Å². The number of ether oxygens (including phenoxy) is 1. The SMILES string of the molecule is CC[C@@H]1C(C)=CC(=O)CN1C(=O)OC(C)(C)C. The molecule has 1 atom stereocenters. The molecular weight excluding hydrogens is 218 g/mol. The molecule has 0 spiro atoms. The Bertz CT molecular complexity index is 352. The van der Waals surface area contributed by atoms with Crippen molar-refractivity contribution >= 4 is 11.9 Å². The Morgan fingerprint density at radius 3 is 2.59 bits per heavy atom. The van der Waals surface area contributed by atoms with Crippen LogP contribution in [0.1, 0.15) is 41.0 Å². The summed E-state index contributed by atoms with van der Waals surface area (Å²) in [6, 6.07) is -0.0254. The molecular formula is C13H21NO3. The minimum absolute atomic E-state index is 0.0254. The second-order valence-electron chi connectivity index (χ2n) is 5.39. The highest BCUT2D eigenvalue weighted by atomic mass is 16.6. The van der Waals surface area contributed by atoms with E-state index in [0.717, 1.165) is 12.0 Å². The van der Waals surface area contributed by atoms with E-state index < -0.39 is 11.7 Å². The lowest BCUT2D eigenvalue weighted by Crippen LogP contribution is -2.48. The first-order valence-corrected chi connectivity index (χ1v) is 5.95. The van der Waals surface area contributed by atoms with Gasteiger partial charge in [-0.15, -0.1) is 0 Å². The van der Waals surface area contributed by atoms with Crippen molar-refractivity contribution in [2.75, 3.05) is 6.54 Å². The molecule has 0 radical (unpaired) electrons. The summed E-state index contributed by atoms with van der Waals surface area (Å²) in [5.41, 5.74) is 0.391. The Morgan fingerprint density at radius 2 is 2.12 bits per heavy atom. The van der Waals surface area contributed by atoms with Gasteiger partial charge in [-0.05, 0) is 45.8 Å². The second kappa shape index (κ2) is 4.90. The number of amides is 1. The van der Waals surface area contributed by atoms with E-state index in [1.807, 2.05) is 34.6 Å². The Labute approximate surface area is 103 Å². The number of carbonyl (C=O) groups excluding carboxylic acids is 2. The highest BCUT2D eigenvalue weighted by molar-refractivity contribution is 5.95. The van der Waals surface area contributed by atoms with Gasteiger partial charge in [0.2, 0.25) is 0 Å². The van der Waals surface area contributed by atoms with Gasteiger partial charge in [0.05, 0.1) is 12.6 Å². The van der Waals surface area contributed by atoms with Crippen molar-refractivity contribution in [2.24, 2.45) is 0 Å². The Kier molecular flexibility index (Phi) is 3.96.